The van der Waals surface area contributed by atoms with Gasteiger partial charge in [-0.05, 0) is 57.5 Å². The van der Waals surface area contributed by atoms with Crippen molar-refractivity contribution < 1.29 is 13.2 Å². The summed E-state index contributed by atoms with van der Waals surface area (Å²) in [5, 5.41) is 3.35. The van der Waals surface area contributed by atoms with Crippen LogP contribution in [0.3, 0.4) is 0 Å². The van der Waals surface area contributed by atoms with Gasteiger partial charge >= 0.3 is 0 Å². The van der Waals surface area contributed by atoms with E-state index in [2.05, 4.69) is 17.0 Å². The highest BCUT2D eigenvalue weighted by Gasteiger charge is 2.33. The number of halogens is 1. The van der Waals surface area contributed by atoms with Crippen molar-refractivity contribution in [3.05, 3.63) is 23.8 Å². The fourth-order valence-corrected chi connectivity index (χ4v) is 4.20. The Morgan fingerprint density at radius 1 is 1.38 bits per heavy atom. The number of benzene rings is 1. The van der Waals surface area contributed by atoms with Crippen LogP contribution in [0.2, 0.25) is 0 Å². The van der Waals surface area contributed by atoms with Crippen LogP contribution >= 0.6 is 12.4 Å². The Morgan fingerprint density at radius 2 is 2.12 bits per heavy atom. The molecular formula is C16H24ClN3O3S. The Labute approximate surface area is 149 Å². The first-order valence-electron chi connectivity index (χ1n) is 8.03. The minimum atomic E-state index is -3.50. The van der Waals surface area contributed by atoms with Crippen molar-refractivity contribution in [2.45, 2.75) is 37.1 Å². The lowest BCUT2D eigenvalue weighted by molar-refractivity contribution is -0.123. The molecule has 0 radical (unpaired) electrons. The van der Waals surface area contributed by atoms with Gasteiger partial charge < -0.3 is 10.2 Å². The van der Waals surface area contributed by atoms with Crippen molar-refractivity contribution in [2.24, 2.45) is 5.92 Å². The molecule has 2 aliphatic rings. The smallest absolute Gasteiger partial charge is 0.240 e. The maximum Gasteiger partial charge on any atom is 0.240 e. The largest absolute Gasteiger partial charge is 0.314 e. The van der Waals surface area contributed by atoms with Gasteiger partial charge in [0.1, 0.15) is 0 Å². The summed E-state index contributed by atoms with van der Waals surface area (Å²) in [6.45, 7) is 3.58. The van der Waals surface area contributed by atoms with Gasteiger partial charge in [0.05, 0.1) is 4.90 Å². The molecule has 0 spiro atoms. The van der Waals surface area contributed by atoms with E-state index in [4.69, 9.17) is 0 Å². The maximum absolute atomic E-state index is 12.9. The van der Waals surface area contributed by atoms with E-state index in [1.54, 1.807) is 17.0 Å². The molecule has 6 nitrogen and oxygen atoms in total. The first kappa shape index (κ1) is 19.2. The van der Waals surface area contributed by atoms with E-state index in [1.165, 1.54) is 7.05 Å². The number of carbonyl (C=O) groups is 1. The quantitative estimate of drug-likeness (QED) is 0.837. The summed E-state index contributed by atoms with van der Waals surface area (Å²) in [4.78, 5) is 14.8. The second kappa shape index (κ2) is 7.39. The monoisotopic (exact) mass is 373 g/mol. The highest BCUT2D eigenvalue weighted by molar-refractivity contribution is 7.89. The van der Waals surface area contributed by atoms with Gasteiger partial charge in [-0.15, -0.1) is 12.4 Å². The molecule has 1 aromatic rings. The van der Waals surface area contributed by atoms with Crippen molar-refractivity contribution in [1.82, 2.24) is 10.0 Å². The molecular weight excluding hydrogens is 350 g/mol. The number of piperidine rings is 1. The maximum atomic E-state index is 12.9. The van der Waals surface area contributed by atoms with Crippen LogP contribution in [0.15, 0.2) is 23.1 Å². The third-order valence-corrected chi connectivity index (χ3v) is 6.18. The van der Waals surface area contributed by atoms with Gasteiger partial charge in [-0.3, -0.25) is 4.79 Å². The van der Waals surface area contributed by atoms with Gasteiger partial charge in [0, 0.05) is 24.2 Å². The molecule has 0 aliphatic carbocycles. The van der Waals surface area contributed by atoms with Crippen LogP contribution in [0.1, 0.15) is 25.3 Å². The molecule has 1 amide bonds. The van der Waals surface area contributed by atoms with E-state index < -0.39 is 10.0 Å². The van der Waals surface area contributed by atoms with Gasteiger partial charge in [-0.2, -0.15) is 0 Å². The number of nitrogens with zero attached hydrogens (tertiary/aromatic N) is 1. The van der Waals surface area contributed by atoms with Crippen LogP contribution in [-0.4, -0.2) is 40.5 Å². The average Bonchev–Trinajstić information content (AvgIpc) is 2.97. The lowest BCUT2D eigenvalue weighted by Gasteiger charge is -2.30. The molecule has 24 heavy (non-hydrogen) atoms. The van der Waals surface area contributed by atoms with Crippen molar-refractivity contribution in [3.8, 4) is 0 Å². The zero-order valence-corrected chi connectivity index (χ0v) is 15.5. The Kier molecular flexibility index (Phi) is 5.91. The fraction of sp³-hybridized carbons (Fsp3) is 0.562. The van der Waals surface area contributed by atoms with Crippen molar-refractivity contribution >= 4 is 34.0 Å². The summed E-state index contributed by atoms with van der Waals surface area (Å²) in [6, 6.07) is 5.38. The van der Waals surface area contributed by atoms with Crippen LogP contribution in [-0.2, 0) is 21.2 Å². The first-order chi connectivity index (χ1) is 10.9. The molecule has 8 heteroatoms. The molecule has 1 saturated heterocycles. The van der Waals surface area contributed by atoms with Crippen LogP contribution in [0, 0.1) is 5.92 Å². The lowest BCUT2D eigenvalue weighted by Crippen LogP contribution is -2.43. The average molecular weight is 374 g/mol. The fourth-order valence-electron chi connectivity index (χ4n) is 3.45. The summed E-state index contributed by atoms with van der Waals surface area (Å²) in [5.41, 5.74) is 1.79. The summed E-state index contributed by atoms with van der Waals surface area (Å²) in [6.07, 6.45) is 2.45. The predicted octanol–water partition coefficient (Wildman–Crippen LogP) is 1.29. The summed E-state index contributed by atoms with van der Waals surface area (Å²) in [5.74, 6) is 0.137. The van der Waals surface area contributed by atoms with Gasteiger partial charge in [-0.25, -0.2) is 13.1 Å². The van der Waals surface area contributed by atoms with Crippen molar-refractivity contribution in [2.75, 3.05) is 25.0 Å². The van der Waals surface area contributed by atoms with Gasteiger partial charge in [-0.1, -0.05) is 6.07 Å². The Balaban J connectivity index is 0.00000208. The molecule has 2 heterocycles. The highest BCUT2D eigenvalue weighted by atomic mass is 35.5. The Morgan fingerprint density at radius 3 is 2.79 bits per heavy atom. The van der Waals surface area contributed by atoms with E-state index in [0.29, 0.717) is 12.6 Å². The lowest BCUT2D eigenvalue weighted by atomic mass is 9.92. The second-order valence-corrected chi connectivity index (χ2v) is 8.20. The van der Waals surface area contributed by atoms with Crippen LogP contribution in [0.25, 0.3) is 0 Å². The number of amides is 1. The number of hydrogen-bond acceptors (Lipinski definition) is 4. The molecule has 134 valence electrons. The second-order valence-electron chi connectivity index (χ2n) is 6.31. The molecule has 3 rings (SSSR count). The normalized spacial score (nSPS) is 23.5. The summed E-state index contributed by atoms with van der Waals surface area (Å²) in [7, 11) is -2.11. The number of rotatable bonds is 3. The third-order valence-electron chi connectivity index (χ3n) is 4.77. The van der Waals surface area contributed by atoms with E-state index >= 15 is 0 Å². The minimum Gasteiger partial charge on any atom is -0.314 e. The topological polar surface area (TPSA) is 78.5 Å². The zero-order valence-electron chi connectivity index (χ0n) is 13.9. The molecule has 2 N–H and O–H groups in total. The number of carbonyl (C=O) groups excluding carboxylic acids is 1. The Hall–Kier alpha value is -1.15. The van der Waals surface area contributed by atoms with Crippen molar-refractivity contribution in [1.29, 1.82) is 0 Å². The molecule has 0 saturated carbocycles. The molecule has 0 aromatic heterocycles. The van der Waals surface area contributed by atoms with Gasteiger partial charge in [0.2, 0.25) is 15.9 Å². The van der Waals surface area contributed by atoms with E-state index in [-0.39, 0.29) is 29.1 Å². The number of anilines is 1. The standard InChI is InChI=1S/C16H23N3O3S.ClH/c1-11-9-13(5-7-18-11)16(20)19-8-6-12-3-4-14(10-15(12)19)23(21,22)17-2;/h3-4,10-11,13,17-18H,5-9H2,1-2H3;1H/t11-,13-;/m0./s1. The number of nitrogens with one attached hydrogen (secondary N) is 2. The van der Waals surface area contributed by atoms with E-state index in [1.807, 2.05) is 6.07 Å². The number of fused-ring (bicyclic) bond motifs is 1. The number of hydrogen-bond donors (Lipinski definition) is 2. The van der Waals surface area contributed by atoms with E-state index in [0.717, 1.165) is 37.1 Å². The molecule has 1 aromatic carbocycles. The third kappa shape index (κ3) is 3.59. The zero-order chi connectivity index (χ0) is 16.6. The molecule has 2 aliphatic heterocycles. The van der Waals surface area contributed by atoms with Crippen LogP contribution < -0.4 is 14.9 Å². The van der Waals surface area contributed by atoms with E-state index in [9.17, 15) is 13.2 Å². The predicted molar refractivity (Wildman–Crippen MR) is 96.2 cm³/mol. The first-order valence-corrected chi connectivity index (χ1v) is 9.52. The summed E-state index contributed by atoms with van der Waals surface area (Å²) < 4.78 is 26.3. The molecule has 1 fully saturated rings. The van der Waals surface area contributed by atoms with Gasteiger partial charge in [0.15, 0.2) is 0 Å². The minimum absolute atomic E-state index is 0. The SMILES string of the molecule is CNS(=O)(=O)c1ccc2c(c1)N(C(=O)[C@H]1CCN[C@@H](C)C1)CC2.Cl. The van der Waals surface area contributed by atoms with Crippen molar-refractivity contribution in [3.63, 3.8) is 0 Å². The van der Waals surface area contributed by atoms with Crippen LogP contribution in [0.4, 0.5) is 5.69 Å². The highest BCUT2D eigenvalue weighted by Crippen LogP contribution is 2.33. The molecule has 2 atom stereocenters. The molecule has 0 unspecified atom stereocenters. The van der Waals surface area contributed by atoms with Gasteiger partial charge in [0.25, 0.3) is 0 Å². The number of sulfonamides is 1. The van der Waals surface area contributed by atoms with Crippen LogP contribution in [0.5, 0.6) is 0 Å². The molecule has 0 bridgehead atoms. The Bertz CT molecular complexity index is 723. The summed E-state index contributed by atoms with van der Waals surface area (Å²) >= 11 is 0.